The third-order valence-corrected chi connectivity index (χ3v) is 4.46. The summed E-state index contributed by atoms with van der Waals surface area (Å²) in [5.74, 6) is 0. The standard InChI is InChI=1S/C19H24N2O.ClH.H2S/c20-18(12-15-6-2-1-3-7-15)19(22)14-21-11-10-16-8-4-5-9-17(16)13-21;;/h1-9,18-19,22H,10-14,20H2;1H;1H2/t18-,19+;;/m1../s1. The number of hydrogen-bond donors (Lipinski definition) is 2. The van der Waals surface area contributed by atoms with Gasteiger partial charge in [0, 0.05) is 25.7 Å². The third-order valence-electron chi connectivity index (χ3n) is 4.46. The number of fused-ring (bicyclic) bond motifs is 1. The zero-order valence-corrected chi connectivity index (χ0v) is 15.6. The number of nitrogens with two attached hydrogens (primary N) is 1. The molecule has 0 spiro atoms. The van der Waals surface area contributed by atoms with Gasteiger partial charge in [0.2, 0.25) is 0 Å². The Bertz CT molecular complexity index is 611. The minimum absolute atomic E-state index is 0. The SMILES string of the molecule is Cl.N[C@H](Cc1ccccc1)[C@@H](O)CN1CCc2ccccc2C1.S. The molecule has 3 nitrogen and oxygen atoms in total. The molecular formula is C19H27ClN2OS. The molecule has 1 aliphatic rings. The molecule has 0 amide bonds. The molecule has 24 heavy (non-hydrogen) atoms. The van der Waals surface area contributed by atoms with E-state index in [0.29, 0.717) is 13.0 Å². The summed E-state index contributed by atoms with van der Waals surface area (Å²) in [5, 5.41) is 10.4. The first-order valence-corrected chi connectivity index (χ1v) is 7.99. The highest BCUT2D eigenvalue weighted by Crippen LogP contribution is 2.19. The van der Waals surface area contributed by atoms with E-state index >= 15 is 0 Å². The topological polar surface area (TPSA) is 49.5 Å². The van der Waals surface area contributed by atoms with Crippen LogP contribution in [-0.2, 0) is 19.4 Å². The molecule has 0 radical (unpaired) electrons. The van der Waals surface area contributed by atoms with Crippen molar-refractivity contribution in [1.29, 1.82) is 0 Å². The molecule has 0 saturated heterocycles. The van der Waals surface area contributed by atoms with E-state index in [9.17, 15) is 5.11 Å². The summed E-state index contributed by atoms with van der Waals surface area (Å²) in [7, 11) is 0. The molecule has 2 atom stereocenters. The van der Waals surface area contributed by atoms with Gasteiger partial charge in [0.1, 0.15) is 0 Å². The number of hydrogen-bond acceptors (Lipinski definition) is 3. The van der Waals surface area contributed by atoms with Gasteiger partial charge in [-0.2, -0.15) is 13.5 Å². The first kappa shape index (κ1) is 21.0. The van der Waals surface area contributed by atoms with Crippen molar-refractivity contribution in [1.82, 2.24) is 4.90 Å². The second-order valence-corrected chi connectivity index (χ2v) is 6.17. The molecule has 0 fully saturated rings. The van der Waals surface area contributed by atoms with Crippen molar-refractivity contribution in [2.75, 3.05) is 13.1 Å². The number of halogens is 1. The fraction of sp³-hybridized carbons (Fsp3) is 0.368. The van der Waals surface area contributed by atoms with Crippen LogP contribution in [0.3, 0.4) is 0 Å². The number of nitrogens with zero attached hydrogens (tertiary/aromatic N) is 1. The van der Waals surface area contributed by atoms with Crippen LogP contribution in [0.15, 0.2) is 54.6 Å². The summed E-state index contributed by atoms with van der Waals surface area (Å²) in [6.07, 6.45) is 1.27. The van der Waals surface area contributed by atoms with Crippen molar-refractivity contribution in [3.05, 3.63) is 71.3 Å². The average molecular weight is 367 g/mol. The van der Waals surface area contributed by atoms with Crippen molar-refractivity contribution >= 4 is 25.9 Å². The quantitative estimate of drug-likeness (QED) is 0.854. The van der Waals surface area contributed by atoms with Gasteiger partial charge in [0.25, 0.3) is 0 Å². The third kappa shape index (κ3) is 5.50. The smallest absolute Gasteiger partial charge is 0.0821 e. The second-order valence-electron chi connectivity index (χ2n) is 6.17. The van der Waals surface area contributed by atoms with Crippen LogP contribution in [0.2, 0.25) is 0 Å². The minimum Gasteiger partial charge on any atom is -0.390 e. The van der Waals surface area contributed by atoms with Crippen molar-refractivity contribution in [3.63, 3.8) is 0 Å². The summed E-state index contributed by atoms with van der Waals surface area (Å²) in [5.41, 5.74) is 10.2. The van der Waals surface area contributed by atoms with Crippen molar-refractivity contribution in [2.45, 2.75) is 31.5 Å². The summed E-state index contributed by atoms with van der Waals surface area (Å²) < 4.78 is 0. The highest BCUT2D eigenvalue weighted by Gasteiger charge is 2.22. The summed E-state index contributed by atoms with van der Waals surface area (Å²) in [6, 6.07) is 18.5. The van der Waals surface area contributed by atoms with Gasteiger partial charge < -0.3 is 10.8 Å². The van der Waals surface area contributed by atoms with E-state index in [1.807, 2.05) is 18.2 Å². The van der Waals surface area contributed by atoms with Crippen LogP contribution in [0.4, 0.5) is 0 Å². The number of rotatable bonds is 5. The van der Waals surface area contributed by atoms with E-state index in [2.05, 4.69) is 41.3 Å². The lowest BCUT2D eigenvalue weighted by atomic mass is 9.98. The van der Waals surface area contributed by atoms with Gasteiger partial charge in [-0.05, 0) is 29.5 Å². The fourth-order valence-corrected chi connectivity index (χ4v) is 3.13. The highest BCUT2D eigenvalue weighted by atomic mass is 35.5. The molecule has 0 saturated carbocycles. The molecule has 132 valence electrons. The van der Waals surface area contributed by atoms with Crippen LogP contribution in [0, 0.1) is 0 Å². The van der Waals surface area contributed by atoms with Crippen LogP contribution >= 0.6 is 25.9 Å². The second kappa shape index (κ2) is 10.1. The van der Waals surface area contributed by atoms with E-state index < -0.39 is 6.10 Å². The minimum atomic E-state index is -0.495. The Labute approximate surface area is 157 Å². The lowest BCUT2D eigenvalue weighted by molar-refractivity contribution is 0.0850. The maximum Gasteiger partial charge on any atom is 0.0821 e. The molecule has 2 aromatic rings. The van der Waals surface area contributed by atoms with Crippen molar-refractivity contribution in [3.8, 4) is 0 Å². The van der Waals surface area contributed by atoms with Crippen LogP contribution in [0.1, 0.15) is 16.7 Å². The Hall–Kier alpha value is -1.04. The summed E-state index contributed by atoms with van der Waals surface area (Å²) in [6.45, 7) is 2.54. The zero-order chi connectivity index (χ0) is 15.4. The molecule has 2 aromatic carbocycles. The van der Waals surface area contributed by atoms with Crippen molar-refractivity contribution in [2.24, 2.45) is 5.73 Å². The average Bonchev–Trinajstić information content (AvgIpc) is 2.55. The van der Waals surface area contributed by atoms with Gasteiger partial charge in [-0.3, -0.25) is 4.90 Å². The van der Waals surface area contributed by atoms with E-state index in [1.54, 1.807) is 0 Å². The van der Waals surface area contributed by atoms with Gasteiger partial charge in [-0.25, -0.2) is 0 Å². The lowest BCUT2D eigenvalue weighted by Crippen LogP contribution is -2.45. The molecule has 1 heterocycles. The number of benzene rings is 2. The zero-order valence-electron chi connectivity index (χ0n) is 13.8. The Morgan fingerprint density at radius 3 is 2.33 bits per heavy atom. The molecule has 0 aliphatic carbocycles. The molecule has 3 rings (SSSR count). The Kier molecular flexibility index (Phi) is 8.81. The predicted octanol–water partition coefficient (Wildman–Crippen LogP) is 2.51. The highest BCUT2D eigenvalue weighted by molar-refractivity contribution is 7.59. The van der Waals surface area contributed by atoms with Crippen LogP contribution in [-0.4, -0.2) is 35.2 Å². The summed E-state index contributed by atoms with van der Waals surface area (Å²) in [4.78, 5) is 2.30. The lowest BCUT2D eigenvalue weighted by Gasteiger charge is -2.32. The van der Waals surface area contributed by atoms with Gasteiger partial charge >= 0.3 is 0 Å². The van der Waals surface area contributed by atoms with Crippen LogP contribution in [0.5, 0.6) is 0 Å². The van der Waals surface area contributed by atoms with Crippen LogP contribution in [0.25, 0.3) is 0 Å². The van der Waals surface area contributed by atoms with Gasteiger partial charge in [-0.15, -0.1) is 12.4 Å². The molecule has 0 unspecified atom stereocenters. The fourth-order valence-electron chi connectivity index (χ4n) is 3.13. The van der Waals surface area contributed by atoms with Crippen LogP contribution < -0.4 is 5.73 Å². The molecular weight excluding hydrogens is 340 g/mol. The number of aliphatic hydroxyl groups excluding tert-OH is 1. The van der Waals surface area contributed by atoms with E-state index in [-0.39, 0.29) is 31.9 Å². The maximum atomic E-state index is 10.4. The Morgan fingerprint density at radius 2 is 1.62 bits per heavy atom. The van der Waals surface area contributed by atoms with E-state index in [0.717, 1.165) is 19.5 Å². The molecule has 3 N–H and O–H groups in total. The first-order valence-electron chi connectivity index (χ1n) is 7.99. The van der Waals surface area contributed by atoms with Crippen molar-refractivity contribution < 1.29 is 5.11 Å². The Balaban J connectivity index is 0.00000144. The molecule has 5 heteroatoms. The van der Waals surface area contributed by atoms with E-state index in [1.165, 1.54) is 16.7 Å². The van der Waals surface area contributed by atoms with E-state index in [4.69, 9.17) is 5.73 Å². The monoisotopic (exact) mass is 366 g/mol. The largest absolute Gasteiger partial charge is 0.390 e. The molecule has 0 bridgehead atoms. The summed E-state index contributed by atoms with van der Waals surface area (Å²) >= 11 is 0. The number of aliphatic hydroxyl groups is 1. The molecule has 0 aromatic heterocycles. The van der Waals surface area contributed by atoms with Gasteiger partial charge in [0.05, 0.1) is 6.10 Å². The number of β-amino-alcohol motifs (C(OH)–C–C–N with tert-alkyl or cyclic N) is 1. The Morgan fingerprint density at radius 1 is 1.00 bits per heavy atom. The maximum absolute atomic E-state index is 10.4. The predicted molar refractivity (Wildman–Crippen MR) is 107 cm³/mol. The normalized spacial score (nSPS) is 16.2. The van der Waals surface area contributed by atoms with Gasteiger partial charge in [-0.1, -0.05) is 54.6 Å². The molecule has 1 aliphatic heterocycles. The first-order chi connectivity index (χ1) is 10.7. The van der Waals surface area contributed by atoms with Gasteiger partial charge in [0.15, 0.2) is 0 Å².